The molecule has 8 heteroatoms. The van der Waals surface area contributed by atoms with Gasteiger partial charge in [-0.3, -0.25) is 10.1 Å². The average molecular weight is 297 g/mol. The van der Waals surface area contributed by atoms with Gasteiger partial charge in [0.05, 0.1) is 11.0 Å². The van der Waals surface area contributed by atoms with Crippen molar-refractivity contribution in [1.29, 1.82) is 0 Å². The molecule has 0 unspecified atom stereocenters. The third-order valence-corrected chi connectivity index (χ3v) is 2.91. The van der Waals surface area contributed by atoms with E-state index in [1.165, 1.54) is 0 Å². The molecular weight excluding hydrogens is 284 g/mol. The lowest BCUT2D eigenvalue weighted by Gasteiger charge is -2.06. The van der Waals surface area contributed by atoms with Gasteiger partial charge in [0.2, 0.25) is 0 Å². The van der Waals surface area contributed by atoms with Gasteiger partial charge in [0.15, 0.2) is 23.2 Å². The molecule has 0 spiro atoms. The van der Waals surface area contributed by atoms with E-state index in [0.717, 1.165) is 6.07 Å². The summed E-state index contributed by atoms with van der Waals surface area (Å²) < 4.78 is 31.6. The Balaban J connectivity index is 2.67. The van der Waals surface area contributed by atoms with Gasteiger partial charge < -0.3 is 10.3 Å². The highest BCUT2D eigenvalue weighted by atomic mass is 19.2. The van der Waals surface area contributed by atoms with Crippen LogP contribution in [0.5, 0.6) is 0 Å². The molecule has 0 aliphatic rings. The fourth-order valence-electron chi connectivity index (χ4n) is 2.01. The molecule has 1 heterocycles. The Hall–Kier alpha value is -2.51. The first kappa shape index (κ1) is 14.9. The van der Waals surface area contributed by atoms with Crippen molar-refractivity contribution >= 4 is 11.5 Å². The fourth-order valence-corrected chi connectivity index (χ4v) is 2.01. The maximum absolute atomic E-state index is 13.4. The van der Waals surface area contributed by atoms with Gasteiger partial charge >= 0.3 is 0 Å². The van der Waals surface area contributed by atoms with Gasteiger partial charge in [0, 0.05) is 5.56 Å². The molecule has 2 aromatic rings. The molecule has 0 bridgehead atoms. The quantitative estimate of drug-likeness (QED) is 0.690. The van der Waals surface area contributed by atoms with Gasteiger partial charge in [0.25, 0.3) is 5.69 Å². The second kappa shape index (κ2) is 5.47. The number of anilines is 1. The van der Waals surface area contributed by atoms with Crippen LogP contribution in [0.2, 0.25) is 0 Å². The van der Waals surface area contributed by atoms with Crippen molar-refractivity contribution in [3.8, 4) is 11.3 Å². The van der Waals surface area contributed by atoms with E-state index in [-0.39, 0.29) is 23.1 Å². The number of nitro benzene ring substituents is 1. The highest BCUT2D eigenvalue weighted by molar-refractivity contribution is 5.74. The summed E-state index contributed by atoms with van der Waals surface area (Å²) in [5, 5.41) is 14.6. The number of benzene rings is 1. The summed E-state index contributed by atoms with van der Waals surface area (Å²) in [4.78, 5) is 10.2. The van der Waals surface area contributed by atoms with E-state index in [1.807, 2.05) is 13.8 Å². The van der Waals surface area contributed by atoms with Crippen LogP contribution < -0.4 is 5.73 Å². The fraction of sp³-hybridized carbons (Fsp3) is 0.308. The lowest BCUT2D eigenvalue weighted by Crippen LogP contribution is -2.01. The van der Waals surface area contributed by atoms with Crippen LogP contribution in [0.25, 0.3) is 11.3 Å². The second-order valence-electron chi connectivity index (χ2n) is 5.01. The number of hydrogen-bond acceptors (Lipinski definition) is 5. The van der Waals surface area contributed by atoms with Gasteiger partial charge in [-0.25, -0.2) is 8.78 Å². The van der Waals surface area contributed by atoms with Crippen LogP contribution in [-0.2, 0) is 6.42 Å². The first-order chi connectivity index (χ1) is 9.81. The Labute approximate surface area is 118 Å². The highest BCUT2D eigenvalue weighted by Crippen LogP contribution is 2.36. The van der Waals surface area contributed by atoms with Crippen LogP contribution in [0.1, 0.15) is 19.4 Å². The Morgan fingerprint density at radius 2 is 2.00 bits per heavy atom. The number of hydrogen-bond donors (Lipinski definition) is 1. The normalized spacial score (nSPS) is 11.1. The Bertz CT molecular complexity index is 698. The predicted octanol–water partition coefficient (Wildman–Crippen LogP) is 3.31. The monoisotopic (exact) mass is 297 g/mol. The summed E-state index contributed by atoms with van der Waals surface area (Å²) in [5.74, 6) is -2.26. The summed E-state index contributed by atoms with van der Waals surface area (Å²) >= 11 is 0. The molecule has 0 fully saturated rings. The zero-order valence-corrected chi connectivity index (χ0v) is 11.4. The molecule has 0 radical (unpaired) electrons. The SMILES string of the molecule is CC(C)Cc1c(N)noc1-c1cc(F)c(F)cc1[N+](=O)[O-]. The maximum Gasteiger partial charge on any atom is 0.283 e. The molecule has 0 amide bonds. The molecule has 0 saturated carbocycles. The van der Waals surface area contributed by atoms with E-state index in [9.17, 15) is 18.9 Å². The minimum atomic E-state index is -1.30. The first-order valence-electron chi connectivity index (χ1n) is 6.19. The summed E-state index contributed by atoms with van der Waals surface area (Å²) in [7, 11) is 0. The zero-order valence-electron chi connectivity index (χ0n) is 11.4. The highest BCUT2D eigenvalue weighted by Gasteiger charge is 2.26. The third kappa shape index (κ3) is 2.83. The summed E-state index contributed by atoms with van der Waals surface area (Å²) in [6, 6.07) is 1.24. The number of rotatable bonds is 4. The number of halogens is 2. The van der Waals surface area contributed by atoms with Gasteiger partial charge in [0.1, 0.15) is 5.56 Å². The number of aromatic nitrogens is 1. The van der Waals surface area contributed by atoms with Gasteiger partial charge in [-0.1, -0.05) is 19.0 Å². The van der Waals surface area contributed by atoms with Crippen LogP contribution in [0.3, 0.4) is 0 Å². The second-order valence-corrected chi connectivity index (χ2v) is 5.01. The molecule has 0 aliphatic carbocycles. The van der Waals surface area contributed by atoms with Crippen molar-refractivity contribution < 1.29 is 18.2 Å². The molecule has 0 saturated heterocycles. The summed E-state index contributed by atoms with van der Waals surface area (Å²) in [5.41, 5.74) is 5.34. The molecule has 112 valence electrons. The van der Waals surface area contributed by atoms with Gasteiger partial charge in [-0.2, -0.15) is 0 Å². The van der Waals surface area contributed by atoms with E-state index in [0.29, 0.717) is 18.1 Å². The molecule has 21 heavy (non-hydrogen) atoms. The number of nitro groups is 1. The Morgan fingerprint density at radius 1 is 1.38 bits per heavy atom. The van der Waals surface area contributed by atoms with Crippen molar-refractivity contribution in [2.24, 2.45) is 5.92 Å². The smallest absolute Gasteiger partial charge is 0.283 e. The molecule has 1 aromatic heterocycles. The Kier molecular flexibility index (Phi) is 3.88. The minimum Gasteiger partial charge on any atom is -0.381 e. The molecule has 1 aromatic carbocycles. The van der Waals surface area contributed by atoms with Crippen molar-refractivity contribution in [1.82, 2.24) is 5.16 Å². The largest absolute Gasteiger partial charge is 0.381 e. The van der Waals surface area contributed by atoms with Crippen LogP contribution in [0, 0.1) is 27.7 Å². The standard InChI is InChI=1S/C13H13F2N3O3/c1-6(2)3-8-12(21-17-13(8)16)7-4-9(14)10(15)5-11(7)18(19)20/h4-6H,3H2,1-2H3,(H2,16,17). The molecular formula is C13H13F2N3O3. The molecule has 2 rings (SSSR count). The van der Waals surface area contributed by atoms with Gasteiger partial charge in [-0.05, 0) is 18.4 Å². The lowest BCUT2D eigenvalue weighted by molar-refractivity contribution is -0.384. The molecule has 6 nitrogen and oxygen atoms in total. The minimum absolute atomic E-state index is 0.00759. The summed E-state index contributed by atoms with van der Waals surface area (Å²) in [6.07, 6.45) is 0.445. The van der Waals surface area contributed by atoms with Gasteiger partial charge in [-0.15, -0.1) is 0 Å². The number of nitrogens with two attached hydrogens (primary N) is 1. The van der Waals surface area contributed by atoms with E-state index in [2.05, 4.69) is 5.16 Å². The van der Waals surface area contributed by atoms with Crippen LogP contribution in [-0.4, -0.2) is 10.1 Å². The molecule has 2 N–H and O–H groups in total. The van der Waals surface area contributed by atoms with E-state index < -0.39 is 22.2 Å². The summed E-state index contributed by atoms with van der Waals surface area (Å²) in [6.45, 7) is 3.83. The molecule has 0 aliphatic heterocycles. The average Bonchev–Trinajstić information content (AvgIpc) is 2.73. The van der Waals surface area contributed by atoms with Crippen LogP contribution in [0.4, 0.5) is 20.3 Å². The topological polar surface area (TPSA) is 95.2 Å². The van der Waals surface area contributed by atoms with E-state index in [1.54, 1.807) is 0 Å². The van der Waals surface area contributed by atoms with Crippen LogP contribution >= 0.6 is 0 Å². The number of nitrogen functional groups attached to an aromatic ring is 1. The first-order valence-corrected chi connectivity index (χ1v) is 6.19. The van der Waals surface area contributed by atoms with Crippen molar-refractivity contribution in [2.45, 2.75) is 20.3 Å². The van der Waals surface area contributed by atoms with E-state index >= 15 is 0 Å². The predicted molar refractivity (Wildman–Crippen MR) is 71.5 cm³/mol. The maximum atomic E-state index is 13.4. The lowest BCUT2D eigenvalue weighted by atomic mass is 9.99. The van der Waals surface area contributed by atoms with Crippen LogP contribution in [0.15, 0.2) is 16.7 Å². The number of nitrogens with zero attached hydrogens (tertiary/aromatic N) is 2. The molecule has 0 atom stereocenters. The van der Waals surface area contributed by atoms with Crippen molar-refractivity contribution in [3.63, 3.8) is 0 Å². The third-order valence-electron chi connectivity index (χ3n) is 2.91. The van der Waals surface area contributed by atoms with Crippen molar-refractivity contribution in [2.75, 3.05) is 5.73 Å². The van der Waals surface area contributed by atoms with Crippen molar-refractivity contribution in [3.05, 3.63) is 39.4 Å². The zero-order chi connectivity index (χ0) is 15.7. The van der Waals surface area contributed by atoms with E-state index in [4.69, 9.17) is 10.3 Å². The Morgan fingerprint density at radius 3 is 2.57 bits per heavy atom.